The van der Waals surface area contributed by atoms with Gasteiger partial charge >= 0.3 is 11.9 Å². The van der Waals surface area contributed by atoms with Crippen molar-refractivity contribution in [3.8, 4) is 0 Å². The van der Waals surface area contributed by atoms with Crippen molar-refractivity contribution < 1.29 is 29.0 Å². The lowest BCUT2D eigenvalue weighted by Crippen LogP contribution is -2.45. The van der Waals surface area contributed by atoms with Crippen molar-refractivity contribution >= 4 is 23.5 Å². The Balaban J connectivity index is 1.52. The van der Waals surface area contributed by atoms with Crippen LogP contribution in [0.3, 0.4) is 0 Å². The smallest absolute Gasteiger partial charge is 0.306 e. The van der Waals surface area contributed by atoms with Crippen LogP contribution in [0.1, 0.15) is 59.3 Å². The number of esters is 1. The summed E-state index contributed by atoms with van der Waals surface area (Å²) in [5.74, 6) is -0.942. The summed E-state index contributed by atoms with van der Waals surface area (Å²) in [7, 11) is 0. The van der Waals surface area contributed by atoms with Gasteiger partial charge in [-0.15, -0.1) is 0 Å². The Morgan fingerprint density at radius 2 is 1.97 bits per heavy atom. The third kappa shape index (κ3) is 3.67. The van der Waals surface area contributed by atoms with Gasteiger partial charge in [-0.25, -0.2) is 0 Å². The molecule has 0 saturated heterocycles. The lowest BCUT2D eigenvalue weighted by molar-refractivity contribution is -0.152. The van der Waals surface area contributed by atoms with E-state index in [1.165, 1.54) is 11.1 Å². The van der Waals surface area contributed by atoms with Crippen molar-refractivity contribution in [1.29, 1.82) is 0 Å². The number of ether oxygens (including phenoxy) is 1. The predicted molar refractivity (Wildman–Crippen MR) is 117 cm³/mol. The van der Waals surface area contributed by atoms with Gasteiger partial charge in [-0.1, -0.05) is 37.1 Å². The summed E-state index contributed by atoms with van der Waals surface area (Å²) in [6.07, 6.45) is 11.0. The fourth-order valence-electron chi connectivity index (χ4n) is 7.10. The number of carbonyl (C=O) groups excluding carboxylic acids is 3. The van der Waals surface area contributed by atoms with E-state index in [4.69, 9.17) is 9.84 Å². The molecule has 3 unspecified atom stereocenters. The Morgan fingerprint density at radius 3 is 2.69 bits per heavy atom. The lowest BCUT2D eigenvalue weighted by Gasteiger charge is -2.52. The summed E-state index contributed by atoms with van der Waals surface area (Å²) < 4.78 is 5.13. The number of Topliss-reactive ketones (excluding diaryl/α,β-unsaturated/α-hetero) is 1. The highest BCUT2D eigenvalue weighted by atomic mass is 16.5. The van der Waals surface area contributed by atoms with Gasteiger partial charge in [0.15, 0.2) is 11.6 Å². The van der Waals surface area contributed by atoms with Gasteiger partial charge in [0.05, 0.1) is 12.8 Å². The molecule has 0 spiro atoms. The van der Waals surface area contributed by atoms with Crippen LogP contribution in [0.4, 0.5) is 0 Å². The first kappa shape index (κ1) is 22.7. The molecule has 0 aliphatic heterocycles. The molecular weight excluding hydrogens is 408 g/mol. The monoisotopic (exact) mass is 440 g/mol. The van der Waals surface area contributed by atoms with Crippen molar-refractivity contribution in [3.05, 3.63) is 35.5 Å². The molecule has 6 nitrogen and oxygen atoms in total. The maximum absolute atomic E-state index is 13.2. The number of ketones is 2. The average Bonchev–Trinajstić information content (AvgIpc) is 3.01. The van der Waals surface area contributed by atoms with E-state index in [1.807, 2.05) is 0 Å². The highest BCUT2D eigenvalue weighted by molar-refractivity contribution is 6.01. The number of carboxylic acids is 1. The Labute approximate surface area is 188 Å². The average molecular weight is 441 g/mol. The van der Waals surface area contributed by atoms with Crippen LogP contribution in [0.25, 0.3) is 0 Å². The minimum absolute atomic E-state index is 0.0613. The zero-order valence-corrected chi connectivity index (χ0v) is 19.1. The number of aliphatic carboxylic acids is 1. The third-order valence-electron chi connectivity index (χ3n) is 8.55. The molecule has 4 aliphatic rings. The summed E-state index contributed by atoms with van der Waals surface area (Å²) >= 11 is 0. The number of hydrogen-bond donors (Lipinski definition) is 1. The normalized spacial score (nSPS) is 37.5. The molecule has 1 N–H and O–H groups in total. The van der Waals surface area contributed by atoms with Crippen molar-refractivity contribution in [3.63, 3.8) is 0 Å². The van der Waals surface area contributed by atoms with Crippen LogP contribution < -0.4 is 0 Å². The van der Waals surface area contributed by atoms with E-state index in [1.54, 1.807) is 12.2 Å². The summed E-state index contributed by atoms with van der Waals surface area (Å²) in [4.78, 5) is 47.5. The van der Waals surface area contributed by atoms with E-state index in [0.717, 1.165) is 25.7 Å². The first-order valence-electron chi connectivity index (χ1n) is 11.6. The third-order valence-corrected chi connectivity index (χ3v) is 8.55. The Morgan fingerprint density at radius 1 is 1.22 bits per heavy atom. The number of fused-ring (bicyclic) bond motifs is 5. The Hall–Kier alpha value is -2.50. The maximum Gasteiger partial charge on any atom is 0.306 e. The quantitative estimate of drug-likeness (QED) is 0.494. The van der Waals surface area contributed by atoms with Crippen molar-refractivity contribution in [2.45, 2.75) is 59.3 Å². The van der Waals surface area contributed by atoms with Gasteiger partial charge in [0.25, 0.3) is 0 Å². The molecule has 2 saturated carbocycles. The summed E-state index contributed by atoms with van der Waals surface area (Å²) in [6.45, 7) is 6.25. The summed E-state index contributed by atoms with van der Waals surface area (Å²) in [5, 5.41) is 8.70. The molecule has 172 valence electrons. The minimum Gasteiger partial charge on any atom is -0.481 e. The standard InChI is InChI=1S/C26H32O6/c1-15-12-20-18-5-4-16-13-17(27)8-10-25(16,2)19(18)9-11-26(20,3)24(15)21(28)14-32-23(31)7-6-22(29)30/h8-10,13,15,18,20,24H,4-7,11-12,14H2,1-3H3,(H,29,30)/t15-,18?,20?,24?,25+,26+/m1/s1. The first-order valence-corrected chi connectivity index (χ1v) is 11.6. The van der Waals surface area contributed by atoms with E-state index in [9.17, 15) is 19.2 Å². The van der Waals surface area contributed by atoms with E-state index >= 15 is 0 Å². The number of hydrogen-bond acceptors (Lipinski definition) is 5. The van der Waals surface area contributed by atoms with Crippen LogP contribution in [0.2, 0.25) is 0 Å². The number of carboxylic acid groups (broad SMARTS) is 1. The molecule has 0 bridgehead atoms. The van der Waals surface area contributed by atoms with Crippen LogP contribution >= 0.6 is 0 Å². The first-order chi connectivity index (χ1) is 15.1. The molecule has 0 heterocycles. The summed E-state index contributed by atoms with van der Waals surface area (Å²) in [6, 6.07) is 0. The van der Waals surface area contributed by atoms with Crippen LogP contribution in [-0.4, -0.2) is 35.2 Å². The second-order valence-corrected chi connectivity index (χ2v) is 10.4. The van der Waals surface area contributed by atoms with Gasteiger partial charge in [0.1, 0.15) is 6.61 Å². The highest BCUT2D eigenvalue weighted by Crippen LogP contribution is 2.65. The molecule has 6 heteroatoms. The second kappa shape index (κ2) is 8.13. The number of allylic oxidation sites excluding steroid dienone is 6. The van der Waals surface area contributed by atoms with Crippen molar-refractivity contribution in [2.75, 3.05) is 6.61 Å². The van der Waals surface area contributed by atoms with Crippen LogP contribution in [-0.2, 0) is 23.9 Å². The molecule has 4 aliphatic carbocycles. The van der Waals surface area contributed by atoms with Gasteiger partial charge in [-0.2, -0.15) is 0 Å². The van der Waals surface area contributed by atoms with Crippen molar-refractivity contribution in [2.24, 2.45) is 34.5 Å². The van der Waals surface area contributed by atoms with Crippen molar-refractivity contribution in [1.82, 2.24) is 0 Å². The fourth-order valence-corrected chi connectivity index (χ4v) is 7.10. The molecular formula is C26H32O6. The molecule has 0 aromatic heterocycles. The zero-order chi connectivity index (χ0) is 23.3. The van der Waals surface area contributed by atoms with E-state index < -0.39 is 11.9 Å². The fraction of sp³-hybridized carbons (Fsp3) is 0.615. The molecule has 0 radical (unpaired) electrons. The highest BCUT2D eigenvalue weighted by Gasteiger charge is 2.59. The van der Waals surface area contributed by atoms with Crippen LogP contribution in [0, 0.1) is 34.5 Å². The van der Waals surface area contributed by atoms with Gasteiger partial charge in [0.2, 0.25) is 0 Å². The Kier molecular flexibility index (Phi) is 5.76. The zero-order valence-electron chi connectivity index (χ0n) is 19.1. The van der Waals surface area contributed by atoms with Crippen LogP contribution in [0.15, 0.2) is 35.5 Å². The lowest BCUT2D eigenvalue weighted by atomic mass is 9.52. The van der Waals surface area contributed by atoms with E-state index in [2.05, 4.69) is 32.9 Å². The Bertz CT molecular complexity index is 955. The molecule has 2 fully saturated rings. The SMILES string of the molecule is C[C@@H]1CC2C3CCC4=CC(=O)C=C[C@]4(C)C3=CC[C@]2(C)C1C(=O)COC(=O)CCC(=O)O. The molecule has 6 atom stereocenters. The largest absolute Gasteiger partial charge is 0.481 e. The predicted octanol–water partition coefficient (Wildman–Crippen LogP) is 4.05. The number of carbonyl (C=O) groups is 4. The second-order valence-electron chi connectivity index (χ2n) is 10.4. The minimum atomic E-state index is -1.06. The van der Waals surface area contributed by atoms with Gasteiger partial charge < -0.3 is 9.84 Å². The molecule has 4 rings (SSSR count). The molecule has 0 aromatic rings. The van der Waals surface area contributed by atoms with E-state index in [0.29, 0.717) is 11.8 Å². The van der Waals surface area contributed by atoms with Gasteiger partial charge in [-0.3, -0.25) is 19.2 Å². The topological polar surface area (TPSA) is 97.7 Å². The summed E-state index contributed by atoms with van der Waals surface area (Å²) in [5.41, 5.74) is 2.19. The van der Waals surface area contributed by atoms with Gasteiger partial charge in [-0.05, 0) is 67.9 Å². The molecule has 0 amide bonds. The molecule has 0 aromatic carbocycles. The van der Waals surface area contributed by atoms with E-state index in [-0.39, 0.29) is 53.7 Å². The molecule has 32 heavy (non-hydrogen) atoms. The number of rotatable bonds is 6. The maximum atomic E-state index is 13.2. The van der Waals surface area contributed by atoms with Crippen LogP contribution in [0.5, 0.6) is 0 Å². The van der Waals surface area contributed by atoms with Gasteiger partial charge in [0, 0.05) is 11.3 Å².